The van der Waals surface area contributed by atoms with Gasteiger partial charge >= 0.3 is 36.6 Å². The van der Waals surface area contributed by atoms with Gasteiger partial charge in [-0.1, -0.05) is 12.1 Å². The molecule has 1 rings (SSSR count). The molecule has 0 fully saturated rings. The third-order valence-electron chi connectivity index (χ3n) is 1.15. The molecule has 0 saturated heterocycles. The molecule has 0 spiro atoms. The van der Waals surface area contributed by atoms with E-state index >= 15 is 0 Å². The Bertz CT molecular complexity index is 228. The summed E-state index contributed by atoms with van der Waals surface area (Å²) in [5.41, 5.74) is 0.770. The fourth-order valence-corrected chi connectivity index (χ4v) is 0.671. The van der Waals surface area contributed by atoms with E-state index in [0.29, 0.717) is 0 Å². The third kappa shape index (κ3) is 6.00. The zero-order valence-corrected chi connectivity index (χ0v) is 11.4. The fraction of sp³-hybridized carbons (Fsp3) is 0.125. The van der Waals surface area contributed by atoms with Crippen molar-refractivity contribution in [2.75, 3.05) is 0 Å². The number of halogens is 3. The summed E-state index contributed by atoms with van der Waals surface area (Å²) >= 11 is 4.25. The first kappa shape index (κ1) is 12.9. The maximum atomic E-state index is 11.6. The van der Waals surface area contributed by atoms with Gasteiger partial charge in [-0.25, -0.2) is 0 Å². The van der Waals surface area contributed by atoms with Gasteiger partial charge in [0.2, 0.25) is 0 Å². The van der Waals surface area contributed by atoms with Gasteiger partial charge in [-0.3, -0.25) is 0 Å². The molecule has 0 unspecified atom stereocenters. The van der Waals surface area contributed by atoms with Crippen molar-refractivity contribution in [2.24, 2.45) is 0 Å². The van der Waals surface area contributed by atoms with Gasteiger partial charge in [-0.15, -0.1) is 0 Å². The standard InChI is InChI=1S/C8H7F2O.BrH.Zn/c1-6-2-4-7(5-3-6)11-8(9)10;;/h2-5,8H,1H2;1H;/q-1;;+2/p-1. The summed E-state index contributed by atoms with van der Waals surface area (Å²) < 4.78 is 27.3. The van der Waals surface area contributed by atoms with Crippen LogP contribution in [0.4, 0.5) is 8.78 Å². The molecule has 0 saturated carbocycles. The number of ether oxygens (including phenoxy) is 1. The van der Waals surface area contributed by atoms with Crippen LogP contribution in [-0.2, 0) is 16.3 Å². The van der Waals surface area contributed by atoms with Gasteiger partial charge in [0, 0.05) is 0 Å². The molecule has 0 aliphatic heterocycles. The van der Waals surface area contributed by atoms with Crippen LogP contribution in [0.2, 0.25) is 0 Å². The molecule has 0 aromatic heterocycles. The molecule has 0 amide bonds. The molecular weight excluding hydrogens is 295 g/mol. The molecule has 0 N–H and O–H groups in total. The van der Waals surface area contributed by atoms with Crippen molar-refractivity contribution in [2.45, 2.75) is 6.61 Å². The zero-order valence-electron chi connectivity index (χ0n) is 6.84. The number of benzene rings is 1. The van der Waals surface area contributed by atoms with E-state index < -0.39 is 6.61 Å². The zero-order chi connectivity index (χ0) is 10.3. The Balaban J connectivity index is 0.000000671. The third-order valence-corrected chi connectivity index (χ3v) is 1.15. The summed E-state index contributed by atoms with van der Waals surface area (Å²) in [6.07, 6.45) is 0. The van der Waals surface area contributed by atoms with Crippen molar-refractivity contribution in [3.63, 3.8) is 0 Å². The molecule has 1 aromatic rings. The van der Waals surface area contributed by atoms with Crippen molar-refractivity contribution in [1.29, 1.82) is 0 Å². The summed E-state index contributed by atoms with van der Waals surface area (Å²) in [5, 5.41) is 0. The fourth-order valence-electron chi connectivity index (χ4n) is 0.671. The van der Waals surface area contributed by atoms with Crippen LogP contribution in [0, 0.1) is 6.92 Å². The topological polar surface area (TPSA) is 9.23 Å². The average molecular weight is 302 g/mol. The van der Waals surface area contributed by atoms with E-state index in [-0.39, 0.29) is 5.75 Å². The van der Waals surface area contributed by atoms with Gasteiger partial charge in [0.25, 0.3) is 0 Å². The Kier molecular flexibility index (Phi) is 7.19. The van der Waals surface area contributed by atoms with E-state index in [2.05, 4.69) is 25.3 Å². The van der Waals surface area contributed by atoms with E-state index in [9.17, 15) is 8.78 Å². The molecule has 0 radical (unpaired) electrons. The van der Waals surface area contributed by atoms with Gasteiger partial charge in [0.15, 0.2) is 0 Å². The second-order valence-electron chi connectivity index (χ2n) is 2.02. The van der Waals surface area contributed by atoms with E-state index in [4.69, 9.17) is 0 Å². The molecule has 0 bridgehead atoms. The summed E-state index contributed by atoms with van der Waals surface area (Å²) in [4.78, 5) is 0. The maximum absolute atomic E-state index is 11.6. The second-order valence-corrected chi connectivity index (χ2v) is 2.02. The van der Waals surface area contributed by atoms with Crippen molar-refractivity contribution in [1.82, 2.24) is 0 Å². The van der Waals surface area contributed by atoms with Crippen molar-refractivity contribution in [3.8, 4) is 5.75 Å². The number of hydrogen-bond donors (Lipinski definition) is 0. The second kappa shape index (κ2) is 7.28. The minimum absolute atomic E-state index is 0.160. The Labute approximate surface area is 92.5 Å². The summed E-state index contributed by atoms with van der Waals surface area (Å²) in [6.45, 7) is 0.839. The van der Waals surface area contributed by atoms with Gasteiger partial charge in [0.1, 0.15) is 5.75 Å². The number of rotatable bonds is 2. The van der Waals surface area contributed by atoms with Crippen LogP contribution in [-0.4, -0.2) is 6.61 Å². The first-order chi connectivity index (χ1) is 6.18. The van der Waals surface area contributed by atoms with E-state index in [1.54, 1.807) is 12.1 Å². The SMILES string of the molecule is [CH2-]c1ccc(OC(F)F)cc1.[Zn+][Br]. The minimum atomic E-state index is -2.76. The van der Waals surface area contributed by atoms with Gasteiger partial charge in [0.05, 0.1) is 0 Å². The molecule has 0 heterocycles. The normalized spacial score (nSPS) is 9.08. The Morgan fingerprint density at radius 2 is 1.69 bits per heavy atom. The van der Waals surface area contributed by atoms with Crippen LogP contribution in [0.25, 0.3) is 0 Å². The Hall–Kier alpha value is -0.147. The molecule has 0 aliphatic carbocycles. The van der Waals surface area contributed by atoms with E-state index in [1.807, 2.05) is 0 Å². The number of hydrogen-bond acceptors (Lipinski definition) is 1. The predicted molar refractivity (Wildman–Crippen MR) is 46.5 cm³/mol. The summed E-state index contributed by atoms with van der Waals surface area (Å²) in [6, 6.07) is 6.12. The van der Waals surface area contributed by atoms with E-state index in [0.717, 1.165) is 5.56 Å². The molecule has 0 atom stereocenters. The Morgan fingerprint density at radius 3 is 2.08 bits per heavy atom. The van der Waals surface area contributed by atoms with Gasteiger partial charge < -0.3 is 4.74 Å². The van der Waals surface area contributed by atoms with Crippen LogP contribution in [0.15, 0.2) is 24.3 Å². The van der Waals surface area contributed by atoms with Crippen LogP contribution >= 0.6 is 13.6 Å². The van der Waals surface area contributed by atoms with Crippen LogP contribution < -0.4 is 4.74 Å². The van der Waals surface area contributed by atoms with E-state index in [1.165, 1.54) is 28.5 Å². The van der Waals surface area contributed by atoms with Crippen LogP contribution in [0.3, 0.4) is 0 Å². The molecule has 68 valence electrons. The first-order valence-corrected chi connectivity index (χ1v) is 10.3. The Morgan fingerprint density at radius 1 is 1.23 bits per heavy atom. The molecule has 1 nitrogen and oxygen atoms in total. The predicted octanol–water partition coefficient (Wildman–Crippen LogP) is 3.31. The summed E-state index contributed by atoms with van der Waals surface area (Å²) in [5.74, 6) is 0.160. The molecule has 1 aromatic carbocycles. The molecule has 13 heavy (non-hydrogen) atoms. The summed E-state index contributed by atoms with van der Waals surface area (Å²) in [7, 11) is 0. The van der Waals surface area contributed by atoms with Crippen LogP contribution in [0.5, 0.6) is 5.75 Å². The molecular formula is C8H7BrF2OZn. The van der Waals surface area contributed by atoms with Crippen molar-refractivity contribution < 1.29 is 29.9 Å². The van der Waals surface area contributed by atoms with Crippen LogP contribution in [0.1, 0.15) is 5.56 Å². The molecule has 0 aliphatic rings. The monoisotopic (exact) mass is 300 g/mol. The van der Waals surface area contributed by atoms with Gasteiger partial charge in [-0.05, 0) is 0 Å². The first-order valence-electron chi connectivity index (χ1n) is 3.32. The van der Waals surface area contributed by atoms with Gasteiger partial charge in [-0.2, -0.15) is 33.4 Å². The molecule has 5 heteroatoms. The van der Waals surface area contributed by atoms with Crippen molar-refractivity contribution in [3.05, 3.63) is 36.8 Å². The average Bonchev–Trinajstić information content (AvgIpc) is 2.12. The quantitative estimate of drug-likeness (QED) is 0.601. The number of alkyl halides is 2. The van der Waals surface area contributed by atoms with Crippen molar-refractivity contribution >= 4 is 13.6 Å².